The van der Waals surface area contributed by atoms with E-state index in [1.54, 1.807) is 29.1 Å². The third kappa shape index (κ3) is 3.93. The topological polar surface area (TPSA) is 101 Å². The third-order valence-corrected chi connectivity index (χ3v) is 5.04. The zero-order chi connectivity index (χ0) is 18.8. The summed E-state index contributed by atoms with van der Waals surface area (Å²) in [5.74, 6) is 0.837. The highest BCUT2D eigenvalue weighted by Gasteiger charge is 2.27. The lowest BCUT2D eigenvalue weighted by Gasteiger charge is -2.30. The fourth-order valence-corrected chi connectivity index (χ4v) is 3.68. The van der Waals surface area contributed by atoms with E-state index in [0.717, 1.165) is 4.88 Å². The quantitative estimate of drug-likeness (QED) is 0.626. The van der Waals surface area contributed by atoms with Gasteiger partial charge in [0.25, 0.3) is 0 Å². The van der Waals surface area contributed by atoms with Crippen LogP contribution < -0.4 is 16.0 Å². The number of carbonyl (C=O) groups excluding carboxylic acids is 2. The van der Waals surface area contributed by atoms with Gasteiger partial charge >= 0.3 is 0 Å². The van der Waals surface area contributed by atoms with Crippen LogP contribution in [0.1, 0.15) is 24.5 Å². The lowest BCUT2D eigenvalue weighted by molar-refractivity contribution is -0.125. The Kier molecular flexibility index (Phi) is 4.78. The Morgan fingerprint density at radius 2 is 2.33 bits per heavy atom. The molecular formula is C18H19N5O3S. The van der Waals surface area contributed by atoms with Crippen molar-refractivity contribution >= 4 is 29.0 Å². The van der Waals surface area contributed by atoms with Crippen LogP contribution in [0.4, 0.5) is 5.82 Å². The van der Waals surface area contributed by atoms with Crippen LogP contribution in [-0.2, 0) is 16.0 Å². The SMILES string of the molecule is CC1CC(=O)NC(n2nc(-c3ccco3)cc2NC(=O)Cc2cccs2)N1. The molecule has 0 bridgehead atoms. The Hall–Kier alpha value is -2.91. The summed E-state index contributed by atoms with van der Waals surface area (Å²) in [5.41, 5.74) is 0.570. The number of hydrogen-bond acceptors (Lipinski definition) is 6. The molecule has 0 aromatic carbocycles. The van der Waals surface area contributed by atoms with Crippen molar-refractivity contribution in [1.82, 2.24) is 20.4 Å². The molecule has 140 valence electrons. The van der Waals surface area contributed by atoms with Crippen LogP contribution in [0.3, 0.4) is 0 Å². The summed E-state index contributed by atoms with van der Waals surface area (Å²) < 4.78 is 6.98. The van der Waals surface area contributed by atoms with E-state index in [4.69, 9.17) is 4.42 Å². The molecule has 0 radical (unpaired) electrons. The summed E-state index contributed by atoms with van der Waals surface area (Å²) in [4.78, 5) is 25.4. The van der Waals surface area contributed by atoms with Crippen LogP contribution in [-0.4, -0.2) is 27.6 Å². The summed E-state index contributed by atoms with van der Waals surface area (Å²) in [6.45, 7) is 1.93. The van der Waals surface area contributed by atoms with Crippen molar-refractivity contribution in [3.63, 3.8) is 0 Å². The average molecular weight is 385 g/mol. The fourth-order valence-electron chi connectivity index (χ4n) is 2.98. The zero-order valence-electron chi connectivity index (χ0n) is 14.6. The summed E-state index contributed by atoms with van der Waals surface area (Å²) in [7, 11) is 0. The van der Waals surface area contributed by atoms with Crippen LogP contribution in [0.5, 0.6) is 0 Å². The maximum Gasteiger partial charge on any atom is 0.230 e. The average Bonchev–Trinajstić information content (AvgIpc) is 3.35. The van der Waals surface area contributed by atoms with E-state index in [9.17, 15) is 9.59 Å². The van der Waals surface area contributed by atoms with Gasteiger partial charge in [-0.15, -0.1) is 11.3 Å². The molecule has 9 heteroatoms. The molecular weight excluding hydrogens is 366 g/mol. The summed E-state index contributed by atoms with van der Waals surface area (Å²) in [5, 5.41) is 15.5. The number of carbonyl (C=O) groups is 2. The first-order chi connectivity index (χ1) is 13.1. The molecule has 2 amide bonds. The highest BCUT2D eigenvalue weighted by Crippen LogP contribution is 2.25. The first kappa shape index (κ1) is 17.5. The lowest BCUT2D eigenvalue weighted by atomic mass is 10.2. The van der Waals surface area contributed by atoms with Crippen LogP contribution in [0.15, 0.2) is 46.4 Å². The van der Waals surface area contributed by atoms with Gasteiger partial charge in [0.2, 0.25) is 11.8 Å². The minimum atomic E-state index is -0.554. The molecule has 1 fully saturated rings. The number of anilines is 1. The van der Waals surface area contributed by atoms with Gasteiger partial charge in [0.05, 0.1) is 12.7 Å². The predicted octanol–water partition coefficient (Wildman–Crippen LogP) is 2.34. The Morgan fingerprint density at radius 1 is 1.44 bits per heavy atom. The molecule has 2 atom stereocenters. The number of hydrogen-bond donors (Lipinski definition) is 3. The van der Waals surface area contributed by atoms with Crippen molar-refractivity contribution in [2.45, 2.75) is 32.1 Å². The van der Waals surface area contributed by atoms with Gasteiger partial charge in [0.15, 0.2) is 12.0 Å². The fraction of sp³-hybridized carbons (Fsp3) is 0.278. The molecule has 3 N–H and O–H groups in total. The molecule has 0 aliphatic carbocycles. The number of nitrogens with one attached hydrogen (secondary N) is 3. The van der Waals surface area contributed by atoms with Gasteiger partial charge in [0.1, 0.15) is 11.5 Å². The molecule has 1 aliphatic rings. The second kappa shape index (κ2) is 7.37. The normalized spacial score (nSPS) is 19.7. The molecule has 0 saturated carbocycles. The summed E-state index contributed by atoms with van der Waals surface area (Å²) in [6.07, 6.45) is 1.68. The minimum absolute atomic E-state index is 0.00492. The lowest BCUT2D eigenvalue weighted by Crippen LogP contribution is -2.52. The maximum atomic E-state index is 12.5. The van der Waals surface area contributed by atoms with E-state index in [2.05, 4.69) is 21.0 Å². The predicted molar refractivity (Wildman–Crippen MR) is 101 cm³/mol. The van der Waals surface area contributed by atoms with Gasteiger partial charge in [-0.3, -0.25) is 14.9 Å². The van der Waals surface area contributed by atoms with Gasteiger partial charge in [-0.2, -0.15) is 5.10 Å². The van der Waals surface area contributed by atoms with Gasteiger partial charge in [-0.05, 0) is 30.5 Å². The molecule has 1 saturated heterocycles. The highest BCUT2D eigenvalue weighted by molar-refractivity contribution is 7.10. The number of aromatic nitrogens is 2. The Morgan fingerprint density at radius 3 is 3.04 bits per heavy atom. The van der Waals surface area contributed by atoms with E-state index >= 15 is 0 Å². The molecule has 0 spiro atoms. The van der Waals surface area contributed by atoms with E-state index in [-0.39, 0.29) is 24.3 Å². The van der Waals surface area contributed by atoms with Gasteiger partial charge in [0, 0.05) is 23.4 Å². The third-order valence-electron chi connectivity index (χ3n) is 4.17. The molecule has 2 unspecified atom stereocenters. The van der Waals surface area contributed by atoms with E-state index in [1.807, 2.05) is 24.4 Å². The van der Waals surface area contributed by atoms with E-state index in [1.165, 1.54) is 11.3 Å². The molecule has 3 aromatic heterocycles. The largest absolute Gasteiger partial charge is 0.463 e. The second-order valence-electron chi connectivity index (χ2n) is 6.38. The summed E-state index contributed by atoms with van der Waals surface area (Å²) in [6, 6.07) is 9.12. The van der Waals surface area contributed by atoms with Crippen LogP contribution in [0.2, 0.25) is 0 Å². The van der Waals surface area contributed by atoms with E-state index in [0.29, 0.717) is 23.7 Å². The maximum absolute atomic E-state index is 12.5. The van der Waals surface area contributed by atoms with Gasteiger partial charge in [-0.25, -0.2) is 4.68 Å². The van der Waals surface area contributed by atoms with Gasteiger partial charge in [-0.1, -0.05) is 6.07 Å². The Bertz CT molecular complexity index is 933. The standard InChI is InChI=1S/C18H19N5O3S/c1-11-8-16(24)21-18(19-11)23-15(10-13(22-23)14-5-2-6-26-14)20-17(25)9-12-4-3-7-27-12/h2-7,10-11,18-19H,8-9H2,1H3,(H,20,25)(H,21,24). The van der Waals surface area contributed by atoms with Crippen LogP contribution in [0, 0.1) is 0 Å². The monoisotopic (exact) mass is 385 g/mol. The number of rotatable bonds is 5. The van der Waals surface area contributed by atoms with Crippen molar-refractivity contribution in [2.75, 3.05) is 5.32 Å². The molecule has 8 nitrogen and oxygen atoms in total. The second-order valence-corrected chi connectivity index (χ2v) is 7.42. The van der Waals surface area contributed by atoms with Crippen molar-refractivity contribution in [2.24, 2.45) is 0 Å². The first-order valence-corrected chi connectivity index (χ1v) is 9.47. The molecule has 4 heterocycles. The van der Waals surface area contributed by atoms with Crippen LogP contribution in [0.25, 0.3) is 11.5 Å². The number of furan rings is 1. The molecule has 1 aliphatic heterocycles. The van der Waals surface area contributed by atoms with Crippen molar-refractivity contribution < 1.29 is 14.0 Å². The highest BCUT2D eigenvalue weighted by atomic mass is 32.1. The van der Waals surface area contributed by atoms with Gasteiger partial charge < -0.3 is 15.1 Å². The molecule has 4 rings (SSSR count). The molecule has 27 heavy (non-hydrogen) atoms. The van der Waals surface area contributed by atoms with E-state index < -0.39 is 6.29 Å². The van der Waals surface area contributed by atoms with Crippen molar-refractivity contribution in [3.8, 4) is 11.5 Å². The molecule has 3 aromatic rings. The number of nitrogens with zero attached hydrogens (tertiary/aromatic N) is 2. The van der Waals surface area contributed by atoms with Crippen LogP contribution >= 0.6 is 11.3 Å². The Labute approximate surface area is 159 Å². The Balaban J connectivity index is 1.62. The smallest absolute Gasteiger partial charge is 0.230 e. The van der Waals surface area contributed by atoms with Crippen molar-refractivity contribution in [1.29, 1.82) is 0 Å². The van der Waals surface area contributed by atoms with Crippen molar-refractivity contribution in [3.05, 3.63) is 46.9 Å². The number of amides is 2. The summed E-state index contributed by atoms with van der Waals surface area (Å²) >= 11 is 1.53. The first-order valence-electron chi connectivity index (χ1n) is 8.59. The minimum Gasteiger partial charge on any atom is -0.463 e. The zero-order valence-corrected chi connectivity index (χ0v) is 15.5. The number of thiophene rings is 1.